The first-order valence-corrected chi connectivity index (χ1v) is 19.7. The summed E-state index contributed by atoms with van der Waals surface area (Å²) in [6.07, 6.45) is -4.65. The SMILES string of the molecule is CC(=O)Oc1cc(CO)c2c(c1C=Cc1cccc(CC(O)CCCN)c1)C(=O)c1cc(OC3OC(C)C(O)C(O)C3O)c(Cc3cccc(C(N)N)c3C=O)c(O)c1C2=O. The van der Waals surface area contributed by atoms with Crippen molar-refractivity contribution >= 4 is 36.0 Å². The normalized spacial score (nSPS) is 20.4. The first kappa shape index (κ1) is 44.9. The summed E-state index contributed by atoms with van der Waals surface area (Å²) in [6.45, 7) is 2.23. The minimum Gasteiger partial charge on any atom is -0.507 e. The van der Waals surface area contributed by atoms with Gasteiger partial charge in [0, 0.05) is 46.7 Å². The number of fused-ring (bicyclic) bond motifs is 2. The van der Waals surface area contributed by atoms with Crippen LogP contribution in [0.15, 0.2) is 54.6 Å². The molecule has 6 unspecified atom stereocenters. The van der Waals surface area contributed by atoms with E-state index in [0.717, 1.165) is 18.6 Å². The molecule has 2 aliphatic rings. The maximum atomic E-state index is 14.9. The van der Waals surface area contributed by atoms with Crippen LogP contribution in [0.3, 0.4) is 0 Å². The molecular weight excluding hydrogens is 791 g/mol. The van der Waals surface area contributed by atoms with Gasteiger partial charge in [-0.1, -0.05) is 48.5 Å². The molecule has 1 aliphatic heterocycles. The van der Waals surface area contributed by atoms with Gasteiger partial charge in [-0.2, -0.15) is 0 Å². The number of carbonyl (C=O) groups is 4. The second-order valence-corrected chi connectivity index (χ2v) is 15.1. The molecule has 1 fully saturated rings. The van der Waals surface area contributed by atoms with Crippen molar-refractivity contribution in [3.8, 4) is 17.2 Å². The largest absolute Gasteiger partial charge is 0.507 e. The molecule has 0 aromatic heterocycles. The number of esters is 1. The number of ether oxygens (including phenoxy) is 3. The molecule has 0 radical (unpaired) electrons. The van der Waals surface area contributed by atoms with Gasteiger partial charge in [-0.05, 0) is 78.8 Å². The molecule has 0 spiro atoms. The summed E-state index contributed by atoms with van der Waals surface area (Å²) in [4.78, 5) is 54.4. The highest BCUT2D eigenvalue weighted by atomic mass is 16.7. The monoisotopic (exact) mass is 839 g/mol. The van der Waals surface area contributed by atoms with E-state index in [4.69, 9.17) is 31.4 Å². The number of benzene rings is 4. The fourth-order valence-corrected chi connectivity index (χ4v) is 7.76. The van der Waals surface area contributed by atoms with Crippen LogP contribution in [0.1, 0.15) is 114 Å². The fraction of sp³-hybridized carbons (Fsp3) is 0.333. The fourth-order valence-electron chi connectivity index (χ4n) is 7.76. The minimum absolute atomic E-state index is 0.00616. The molecule has 1 aliphatic carbocycles. The molecule has 1 heterocycles. The summed E-state index contributed by atoms with van der Waals surface area (Å²) in [6, 6.07) is 14.3. The zero-order valence-corrected chi connectivity index (χ0v) is 33.5. The number of phenols is 1. The van der Waals surface area contributed by atoms with Crippen molar-refractivity contribution in [3.63, 3.8) is 0 Å². The standard InChI is InChI=1S/C45H49N3O13/c1-21-38(53)42(57)43(58)45(59-21)61-34-18-31-37(39(54)30(34)16-25-8-4-10-28(44(47)48)32(25)20-50)41(56)35-26(19-49)17-33(60-22(2)51)29(36(35)40(31)55)12-11-23-6-3-7-24(14-23)15-27(52)9-5-13-46/h3-4,6-8,10-12,14,17-18,20-21,27,38,42-45,49,52-54,57-58H,5,9,13,15-16,19,46-48H2,1-2H3. The molecule has 0 bridgehead atoms. The Balaban J connectivity index is 1.54. The lowest BCUT2D eigenvalue weighted by atomic mass is 9.77. The zero-order valence-electron chi connectivity index (χ0n) is 33.5. The lowest BCUT2D eigenvalue weighted by Gasteiger charge is -2.39. The van der Waals surface area contributed by atoms with Crippen molar-refractivity contribution in [3.05, 3.63) is 121 Å². The third-order valence-electron chi connectivity index (χ3n) is 10.9. The molecular formula is C45H49N3O13. The van der Waals surface area contributed by atoms with Gasteiger partial charge >= 0.3 is 5.97 Å². The predicted molar refractivity (Wildman–Crippen MR) is 221 cm³/mol. The molecule has 0 amide bonds. The maximum absolute atomic E-state index is 14.9. The Morgan fingerprint density at radius 3 is 2.31 bits per heavy atom. The summed E-state index contributed by atoms with van der Waals surface area (Å²) >= 11 is 0. The summed E-state index contributed by atoms with van der Waals surface area (Å²) in [5.41, 5.74) is 17.9. The lowest BCUT2D eigenvalue weighted by Crippen LogP contribution is -2.58. The van der Waals surface area contributed by atoms with Gasteiger partial charge in [0.15, 0.2) is 17.9 Å². The van der Waals surface area contributed by atoms with E-state index < -0.39 is 78.4 Å². The highest BCUT2D eigenvalue weighted by Crippen LogP contribution is 2.45. The van der Waals surface area contributed by atoms with Gasteiger partial charge in [-0.3, -0.25) is 19.2 Å². The van der Waals surface area contributed by atoms with Crippen LogP contribution in [0, 0.1) is 0 Å². The lowest BCUT2D eigenvalue weighted by molar-refractivity contribution is -0.268. The van der Waals surface area contributed by atoms with Gasteiger partial charge in [0.25, 0.3) is 0 Å². The van der Waals surface area contributed by atoms with Crippen LogP contribution in [0.2, 0.25) is 0 Å². The number of hydrogen-bond donors (Lipinski definition) is 9. The van der Waals surface area contributed by atoms with E-state index in [0.29, 0.717) is 37.7 Å². The number of carbonyl (C=O) groups excluding carboxylic acids is 4. The number of rotatable bonds is 15. The van der Waals surface area contributed by atoms with Crippen molar-refractivity contribution in [2.75, 3.05) is 6.54 Å². The van der Waals surface area contributed by atoms with Crippen LogP contribution < -0.4 is 26.7 Å². The number of nitrogens with two attached hydrogens (primary N) is 3. The molecule has 6 atom stereocenters. The second kappa shape index (κ2) is 18.9. The number of aromatic hydroxyl groups is 1. The molecule has 16 heteroatoms. The Bertz CT molecular complexity index is 2380. The highest BCUT2D eigenvalue weighted by Gasteiger charge is 2.45. The molecule has 16 nitrogen and oxygen atoms in total. The number of aldehydes is 1. The van der Waals surface area contributed by atoms with E-state index in [1.807, 2.05) is 12.1 Å². The summed E-state index contributed by atoms with van der Waals surface area (Å²) in [5, 5.41) is 65.0. The van der Waals surface area contributed by atoms with Gasteiger partial charge in [-0.25, -0.2) is 0 Å². The number of phenolic OH excluding ortho intramolecular Hbond substituents is 1. The van der Waals surface area contributed by atoms with E-state index in [-0.39, 0.29) is 68.0 Å². The van der Waals surface area contributed by atoms with Crippen molar-refractivity contribution in [2.45, 2.75) is 89.1 Å². The van der Waals surface area contributed by atoms with E-state index in [9.17, 15) is 49.8 Å². The van der Waals surface area contributed by atoms with Crippen LogP contribution >= 0.6 is 0 Å². The Hall–Kier alpha value is -5.66. The van der Waals surface area contributed by atoms with E-state index in [1.165, 1.54) is 19.1 Å². The molecule has 322 valence electrons. The molecule has 6 rings (SSSR count). The first-order chi connectivity index (χ1) is 29.1. The Morgan fingerprint density at radius 1 is 0.902 bits per heavy atom. The molecule has 0 saturated carbocycles. The van der Waals surface area contributed by atoms with Crippen LogP contribution in [0.4, 0.5) is 0 Å². The summed E-state index contributed by atoms with van der Waals surface area (Å²) < 4.78 is 17.3. The van der Waals surface area contributed by atoms with Crippen LogP contribution in [-0.4, -0.2) is 97.8 Å². The van der Waals surface area contributed by atoms with E-state index in [2.05, 4.69) is 0 Å². The van der Waals surface area contributed by atoms with Gasteiger partial charge in [0.2, 0.25) is 6.29 Å². The molecule has 4 aromatic carbocycles. The average Bonchev–Trinajstić information content (AvgIpc) is 3.23. The van der Waals surface area contributed by atoms with Crippen molar-refractivity contribution < 1.29 is 64.0 Å². The first-order valence-electron chi connectivity index (χ1n) is 19.7. The zero-order chi connectivity index (χ0) is 44.3. The van der Waals surface area contributed by atoms with Gasteiger partial charge < -0.3 is 62.1 Å². The summed E-state index contributed by atoms with van der Waals surface area (Å²) in [7, 11) is 0. The van der Waals surface area contributed by atoms with Gasteiger partial charge in [0.05, 0.1) is 30.5 Å². The third-order valence-corrected chi connectivity index (χ3v) is 10.9. The predicted octanol–water partition coefficient (Wildman–Crippen LogP) is 1.92. The number of ketones is 2. The Kier molecular flexibility index (Phi) is 13.9. The average molecular weight is 840 g/mol. The summed E-state index contributed by atoms with van der Waals surface area (Å²) in [5.74, 6) is -3.70. The number of aliphatic hydroxyl groups is 5. The highest BCUT2D eigenvalue weighted by molar-refractivity contribution is 6.31. The maximum Gasteiger partial charge on any atom is 0.308 e. The van der Waals surface area contributed by atoms with Crippen molar-refractivity contribution in [2.24, 2.45) is 17.2 Å². The Morgan fingerprint density at radius 2 is 1.64 bits per heavy atom. The minimum atomic E-state index is -1.83. The molecule has 1 saturated heterocycles. The quantitative estimate of drug-likeness (QED) is 0.0239. The topological polar surface area (TPSA) is 295 Å². The molecule has 4 aromatic rings. The smallest absolute Gasteiger partial charge is 0.308 e. The number of aliphatic hydroxyl groups excluding tert-OH is 5. The van der Waals surface area contributed by atoms with Gasteiger partial charge in [-0.15, -0.1) is 0 Å². The number of hydrogen-bond acceptors (Lipinski definition) is 16. The molecule has 61 heavy (non-hydrogen) atoms. The van der Waals surface area contributed by atoms with Gasteiger partial charge in [0.1, 0.15) is 35.6 Å². The Labute approximate surface area is 350 Å². The van der Waals surface area contributed by atoms with Crippen LogP contribution in [0.25, 0.3) is 12.2 Å². The van der Waals surface area contributed by atoms with E-state index in [1.54, 1.807) is 36.4 Å². The van der Waals surface area contributed by atoms with Crippen LogP contribution in [-0.2, 0) is 29.0 Å². The molecule has 12 N–H and O–H groups in total. The van der Waals surface area contributed by atoms with Crippen LogP contribution in [0.5, 0.6) is 17.2 Å². The van der Waals surface area contributed by atoms with E-state index >= 15 is 0 Å². The van der Waals surface area contributed by atoms with Crippen molar-refractivity contribution in [1.82, 2.24) is 0 Å². The third kappa shape index (κ3) is 9.18. The van der Waals surface area contributed by atoms with Crippen molar-refractivity contribution in [1.29, 1.82) is 0 Å². The second-order valence-electron chi connectivity index (χ2n) is 15.1.